The van der Waals surface area contributed by atoms with Gasteiger partial charge >= 0.3 is 0 Å². The quantitative estimate of drug-likeness (QED) is 0.477. The zero-order chi connectivity index (χ0) is 22.3. The van der Waals surface area contributed by atoms with Gasteiger partial charge in [0.25, 0.3) is 0 Å². The molecule has 0 aromatic heterocycles. The predicted octanol–water partition coefficient (Wildman–Crippen LogP) is 5.24. The molecule has 1 aromatic carbocycles. The Kier molecular flexibility index (Phi) is 5.91. The Morgan fingerprint density at radius 3 is 2.84 bits per heavy atom. The highest BCUT2D eigenvalue weighted by Gasteiger charge is 2.36. The maximum Gasteiger partial charge on any atom is 0.231 e. The molecule has 0 saturated heterocycles. The van der Waals surface area contributed by atoms with Crippen molar-refractivity contribution in [1.29, 1.82) is 0 Å². The van der Waals surface area contributed by atoms with Crippen LogP contribution in [-0.2, 0) is 11.2 Å². The minimum absolute atomic E-state index is 0.0416. The number of likely N-dealkylation sites (N-methyl/N-ethyl adjacent to an activating group) is 1. The molecule has 0 fully saturated rings. The zero-order valence-electron chi connectivity index (χ0n) is 19.7. The van der Waals surface area contributed by atoms with Gasteiger partial charge in [-0.2, -0.15) is 0 Å². The van der Waals surface area contributed by atoms with E-state index < -0.39 is 0 Å². The van der Waals surface area contributed by atoms with Crippen LogP contribution in [0.3, 0.4) is 0 Å². The van der Waals surface area contributed by atoms with E-state index >= 15 is 0 Å². The number of allylic oxidation sites excluding steroid dienone is 4. The molecular formula is C26H35NO4. The highest BCUT2D eigenvalue weighted by atomic mass is 16.7. The van der Waals surface area contributed by atoms with Crippen molar-refractivity contribution in [3.8, 4) is 17.2 Å². The lowest BCUT2D eigenvalue weighted by molar-refractivity contribution is -0.116. The normalized spacial score (nSPS) is 25.1. The molecule has 5 nitrogen and oxygen atoms in total. The number of hydrogen-bond donors (Lipinski definition) is 0. The first-order valence-corrected chi connectivity index (χ1v) is 11.3. The first-order chi connectivity index (χ1) is 14.7. The van der Waals surface area contributed by atoms with Crippen molar-refractivity contribution >= 4 is 5.78 Å². The van der Waals surface area contributed by atoms with Crippen LogP contribution in [0.4, 0.5) is 0 Å². The molecule has 168 valence electrons. The molecule has 5 heteroatoms. The van der Waals surface area contributed by atoms with Crippen LogP contribution in [0.2, 0.25) is 0 Å². The van der Waals surface area contributed by atoms with Crippen LogP contribution < -0.4 is 14.2 Å². The standard InChI is InChI=1S/C26H35NO4/c1-16-8-7-10-26(3,4)19(16)12-17(2)21(28)14-20-23-18(9-11-27(20)5)13-22-24(25(23)29-6)31-15-30-22/h8,12-13,19-20H,7,9-11,14-15H2,1-6H3. The highest BCUT2D eigenvalue weighted by molar-refractivity contribution is 5.95. The van der Waals surface area contributed by atoms with Crippen molar-refractivity contribution in [2.45, 2.75) is 59.4 Å². The summed E-state index contributed by atoms with van der Waals surface area (Å²) in [5, 5.41) is 0. The Balaban J connectivity index is 1.63. The van der Waals surface area contributed by atoms with Crippen molar-refractivity contribution in [3.63, 3.8) is 0 Å². The lowest BCUT2D eigenvalue weighted by Gasteiger charge is -2.37. The fourth-order valence-corrected chi connectivity index (χ4v) is 5.39. The lowest BCUT2D eigenvalue weighted by Crippen LogP contribution is -2.34. The van der Waals surface area contributed by atoms with Gasteiger partial charge < -0.3 is 14.2 Å². The molecule has 31 heavy (non-hydrogen) atoms. The topological polar surface area (TPSA) is 48.0 Å². The van der Waals surface area contributed by atoms with Gasteiger partial charge in [0.2, 0.25) is 12.5 Å². The molecule has 0 N–H and O–H groups in total. The third-order valence-electron chi connectivity index (χ3n) is 7.37. The van der Waals surface area contributed by atoms with Gasteiger partial charge in [-0.05, 0) is 62.8 Å². The highest BCUT2D eigenvalue weighted by Crippen LogP contribution is 2.50. The van der Waals surface area contributed by atoms with Gasteiger partial charge in [0.1, 0.15) is 0 Å². The fourth-order valence-electron chi connectivity index (χ4n) is 5.39. The van der Waals surface area contributed by atoms with E-state index in [9.17, 15) is 4.79 Å². The predicted molar refractivity (Wildman–Crippen MR) is 122 cm³/mol. The Morgan fingerprint density at radius 2 is 2.13 bits per heavy atom. The number of benzene rings is 1. The largest absolute Gasteiger partial charge is 0.492 e. The molecule has 2 unspecified atom stereocenters. The third-order valence-corrected chi connectivity index (χ3v) is 7.37. The summed E-state index contributed by atoms with van der Waals surface area (Å²) in [5.41, 5.74) is 4.66. The van der Waals surface area contributed by atoms with Crippen molar-refractivity contribution in [2.75, 3.05) is 27.5 Å². The number of methoxy groups -OCH3 is 1. The van der Waals surface area contributed by atoms with Crippen molar-refractivity contribution in [1.82, 2.24) is 4.90 Å². The molecule has 0 amide bonds. The molecule has 4 rings (SSSR count). The first-order valence-electron chi connectivity index (χ1n) is 11.3. The summed E-state index contributed by atoms with van der Waals surface area (Å²) < 4.78 is 17.1. The number of nitrogens with zero attached hydrogens (tertiary/aromatic N) is 1. The lowest BCUT2D eigenvalue weighted by atomic mass is 9.68. The number of hydrogen-bond acceptors (Lipinski definition) is 5. The fraction of sp³-hybridized carbons (Fsp3) is 0.577. The summed E-state index contributed by atoms with van der Waals surface area (Å²) in [7, 11) is 3.75. The third kappa shape index (κ3) is 4.00. The number of rotatable bonds is 5. The summed E-state index contributed by atoms with van der Waals surface area (Å²) in [6.07, 6.45) is 8.12. The second kappa shape index (κ2) is 8.34. The second-order valence-electron chi connectivity index (χ2n) is 9.89. The zero-order valence-corrected chi connectivity index (χ0v) is 19.7. The molecule has 2 aliphatic heterocycles. The van der Waals surface area contributed by atoms with Crippen molar-refractivity contribution < 1.29 is 19.0 Å². The molecule has 0 saturated carbocycles. The van der Waals surface area contributed by atoms with Crippen LogP contribution in [0.25, 0.3) is 0 Å². The first kappa shape index (κ1) is 21.9. The van der Waals surface area contributed by atoms with Gasteiger partial charge in [0.05, 0.1) is 7.11 Å². The average Bonchev–Trinajstić information content (AvgIpc) is 3.19. The van der Waals surface area contributed by atoms with Gasteiger partial charge in [0.15, 0.2) is 17.3 Å². The molecule has 1 aliphatic carbocycles. The number of fused-ring (bicyclic) bond motifs is 2. The van der Waals surface area contributed by atoms with E-state index in [2.05, 4.69) is 50.9 Å². The maximum absolute atomic E-state index is 13.4. The summed E-state index contributed by atoms with van der Waals surface area (Å²) >= 11 is 0. The number of ether oxygens (including phenoxy) is 3. The van der Waals surface area contributed by atoms with E-state index in [1.807, 2.05) is 6.92 Å². The molecule has 0 radical (unpaired) electrons. The monoisotopic (exact) mass is 425 g/mol. The van der Waals surface area contributed by atoms with Crippen LogP contribution in [0.1, 0.15) is 64.1 Å². The Morgan fingerprint density at radius 1 is 1.35 bits per heavy atom. The average molecular weight is 426 g/mol. The van der Waals surface area contributed by atoms with E-state index in [0.29, 0.717) is 23.8 Å². The van der Waals surface area contributed by atoms with E-state index in [1.54, 1.807) is 7.11 Å². The van der Waals surface area contributed by atoms with Crippen LogP contribution >= 0.6 is 0 Å². The number of carbonyl (C=O) groups excluding carboxylic acids is 1. The van der Waals surface area contributed by atoms with Crippen molar-refractivity contribution in [2.24, 2.45) is 11.3 Å². The van der Waals surface area contributed by atoms with E-state index in [-0.39, 0.29) is 24.0 Å². The Labute approximate surface area is 186 Å². The second-order valence-corrected chi connectivity index (χ2v) is 9.89. The molecule has 3 aliphatic rings. The van der Waals surface area contributed by atoms with Crippen LogP contribution in [0, 0.1) is 11.3 Å². The summed E-state index contributed by atoms with van der Waals surface area (Å²) in [6, 6.07) is 2.02. The number of ketones is 1. The minimum atomic E-state index is -0.0416. The Hall–Kier alpha value is -2.27. The van der Waals surface area contributed by atoms with Crippen LogP contribution in [-0.4, -0.2) is 38.2 Å². The number of carbonyl (C=O) groups is 1. The van der Waals surface area contributed by atoms with Gasteiger partial charge in [-0.25, -0.2) is 0 Å². The van der Waals surface area contributed by atoms with Crippen molar-refractivity contribution in [3.05, 3.63) is 40.5 Å². The van der Waals surface area contributed by atoms with Gasteiger partial charge in [0, 0.05) is 30.5 Å². The molecule has 0 spiro atoms. The van der Waals surface area contributed by atoms with Gasteiger partial charge in [-0.1, -0.05) is 31.6 Å². The van der Waals surface area contributed by atoms with Crippen LogP contribution in [0.5, 0.6) is 17.2 Å². The van der Waals surface area contributed by atoms with Gasteiger partial charge in [-0.15, -0.1) is 0 Å². The molecule has 0 bridgehead atoms. The molecule has 2 heterocycles. The molecule has 2 atom stereocenters. The molecule has 1 aromatic rings. The van der Waals surface area contributed by atoms with E-state index in [0.717, 1.165) is 42.7 Å². The summed E-state index contributed by atoms with van der Waals surface area (Å²) in [6.45, 7) is 9.88. The minimum Gasteiger partial charge on any atom is -0.492 e. The maximum atomic E-state index is 13.4. The number of Topliss-reactive ketones (excluding diaryl/α,β-unsaturated/α-hetero) is 1. The summed E-state index contributed by atoms with van der Waals surface area (Å²) in [4.78, 5) is 15.6. The SMILES string of the molecule is COc1c2c(cc3c1C(CC(=O)C(C)=CC1C(C)=CCCC1(C)C)N(C)CC3)OCO2. The van der Waals surface area contributed by atoms with E-state index in [1.165, 1.54) is 11.1 Å². The summed E-state index contributed by atoms with van der Waals surface area (Å²) in [5.74, 6) is 2.61. The Bertz CT molecular complexity index is 943. The smallest absolute Gasteiger partial charge is 0.231 e. The van der Waals surface area contributed by atoms with Crippen LogP contribution in [0.15, 0.2) is 29.4 Å². The van der Waals surface area contributed by atoms with E-state index in [4.69, 9.17) is 14.2 Å². The molecular weight excluding hydrogens is 390 g/mol. The van der Waals surface area contributed by atoms with Gasteiger partial charge in [-0.3, -0.25) is 9.69 Å².